The number of ketones is 1. The van der Waals surface area contributed by atoms with Crippen LogP contribution in [0.3, 0.4) is 0 Å². The van der Waals surface area contributed by atoms with Gasteiger partial charge in [-0.15, -0.1) is 0 Å². The molecule has 6 nitrogen and oxygen atoms in total. The first kappa shape index (κ1) is 14.0. The zero-order valence-electron chi connectivity index (χ0n) is 10.8. The summed E-state index contributed by atoms with van der Waals surface area (Å²) in [6, 6.07) is 9.19. The molecule has 20 heavy (non-hydrogen) atoms. The van der Waals surface area contributed by atoms with E-state index in [1.807, 2.05) is 30.3 Å². The molecule has 6 heteroatoms. The molecule has 1 N–H and O–H groups in total. The molecule has 1 aromatic carbocycles. The van der Waals surface area contributed by atoms with Gasteiger partial charge in [-0.3, -0.25) is 9.59 Å². The molecule has 1 aliphatic rings. The number of carboxylic acids is 1. The van der Waals surface area contributed by atoms with Crippen molar-refractivity contribution < 1.29 is 24.2 Å². The molecule has 0 bridgehead atoms. The minimum atomic E-state index is -1.20. The maximum Gasteiger partial charge on any atom is 0.410 e. The van der Waals surface area contributed by atoms with Gasteiger partial charge in [-0.2, -0.15) is 0 Å². The van der Waals surface area contributed by atoms with E-state index in [0.29, 0.717) is 0 Å². The smallest absolute Gasteiger partial charge is 0.410 e. The van der Waals surface area contributed by atoms with Crippen LogP contribution >= 0.6 is 0 Å². The number of amides is 1. The molecule has 1 heterocycles. The summed E-state index contributed by atoms with van der Waals surface area (Å²) in [7, 11) is 0. The van der Waals surface area contributed by atoms with Gasteiger partial charge in [-0.05, 0) is 5.56 Å². The molecule has 106 valence electrons. The molecular formula is C14H15NO5. The minimum Gasteiger partial charge on any atom is -0.481 e. The number of piperidine rings is 1. The summed E-state index contributed by atoms with van der Waals surface area (Å²) < 4.78 is 5.11. The van der Waals surface area contributed by atoms with Crippen LogP contribution in [0.1, 0.15) is 12.0 Å². The lowest BCUT2D eigenvalue weighted by atomic mass is 9.97. The molecule has 2 rings (SSSR count). The molecule has 0 unspecified atom stereocenters. The Kier molecular flexibility index (Phi) is 4.34. The number of hydrogen-bond acceptors (Lipinski definition) is 4. The van der Waals surface area contributed by atoms with Gasteiger partial charge in [0.05, 0.1) is 0 Å². The van der Waals surface area contributed by atoms with Crippen LogP contribution in [0.25, 0.3) is 0 Å². The molecule has 1 atom stereocenters. The molecule has 1 amide bonds. The number of nitrogens with zero attached hydrogens (tertiary/aromatic N) is 1. The van der Waals surface area contributed by atoms with Gasteiger partial charge in [-0.25, -0.2) is 4.79 Å². The average molecular weight is 277 g/mol. The molecule has 0 spiro atoms. The third-order valence-corrected chi connectivity index (χ3v) is 3.18. The highest BCUT2D eigenvalue weighted by molar-refractivity contribution is 5.99. The predicted octanol–water partition coefficient (Wildman–Crippen LogP) is 1.30. The van der Waals surface area contributed by atoms with Gasteiger partial charge in [0.2, 0.25) is 0 Å². The summed E-state index contributed by atoms with van der Waals surface area (Å²) in [5.74, 6) is -2.69. The number of rotatable bonds is 3. The molecule has 1 aliphatic heterocycles. The van der Waals surface area contributed by atoms with E-state index in [1.165, 1.54) is 4.90 Å². The number of benzene rings is 1. The van der Waals surface area contributed by atoms with Crippen LogP contribution in [0.15, 0.2) is 30.3 Å². The second-order valence-electron chi connectivity index (χ2n) is 4.59. The average Bonchev–Trinajstić information content (AvgIpc) is 2.46. The van der Waals surface area contributed by atoms with E-state index >= 15 is 0 Å². The molecule has 0 aromatic heterocycles. The van der Waals surface area contributed by atoms with Crippen molar-refractivity contribution >= 4 is 17.8 Å². The Morgan fingerprint density at radius 2 is 2.00 bits per heavy atom. The van der Waals surface area contributed by atoms with Gasteiger partial charge >= 0.3 is 12.1 Å². The summed E-state index contributed by atoms with van der Waals surface area (Å²) in [6.45, 7) is 0.208. The minimum absolute atomic E-state index is 0.0530. The van der Waals surface area contributed by atoms with Crippen molar-refractivity contribution in [1.82, 2.24) is 4.90 Å². The van der Waals surface area contributed by atoms with E-state index < -0.39 is 18.0 Å². The summed E-state index contributed by atoms with van der Waals surface area (Å²) >= 11 is 0. The fourth-order valence-corrected chi connectivity index (χ4v) is 2.03. The number of Topliss-reactive ketones (excluding diaryl/α,β-unsaturated/α-hetero) is 1. The summed E-state index contributed by atoms with van der Waals surface area (Å²) in [5, 5.41) is 8.92. The molecular weight excluding hydrogens is 262 g/mol. The first-order chi connectivity index (χ1) is 9.58. The highest BCUT2D eigenvalue weighted by atomic mass is 16.6. The Labute approximate surface area is 115 Å². The van der Waals surface area contributed by atoms with Gasteiger partial charge in [-0.1, -0.05) is 30.3 Å². The largest absolute Gasteiger partial charge is 0.481 e. The summed E-state index contributed by atoms with van der Waals surface area (Å²) in [5.41, 5.74) is 0.851. The molecule has 1 fully saturated rings. The number of carbonyl (C=O) groups is 3. The third kappa shape index (κ3) is 3.34. The zero-order valence-corrected chi connectivity index (χ0v) is 10.8. The van der Waals surface area contributed by atoms with Gasteiger partial charge in [0.15, 0.2) is 5.78 Å². The van der Waals surface area contributed by atoms with E-state index in [-0.39, 0.29) is 31.9 Å². The second-order valence-corrected chi connectivity index (χ2v) is 4.59. The van der Waals surface area contributed by atoms with Crippen LogP contribution in [-0.2, 0) is 20.9 Å². The number of aliphatic carboxylic acids is 1. The molecule has 1 saturated heterocycles. The third-order valence-electron chi connectivity index (χ3n) is 3.18. The number of likely N-dealkylation sites (tertiary alicyclic amines) is 1. The number of carboxylic acid groups (broad SMARTS) is 1. The number of ether oxygens (including phenoxy) is 1. The molecule has 1 aromatic rings. The van der Waals surface area contributed by atoms with Crippen LogP contribution in [0.5, 0.6) is 0 Å². The van der Waals surface area contributed by atoms with Crippen LogP contribution < -0.4 is 0 Å². The van der Waals surface area contributed by atoms with Crippen molar-refractivity contribution in [2.24, 2.45) is 5.92 Å². The quantitative estimate of drug-likeness (QED) is 0.842. The first-order valence-electron chi connectivity index (χ1n) is 6.29. The van der Waals surface area contributed by atoms with E-state index in [9.17, 15) is 14.4 Å². The fraction of sp³-hybridized carbons (Fsp3) is 0.357. The van der Waals surface area contributed by atoms with Crippen molar-refractivity contribution in [2.75, 3.05) is 13.1 Å². The lowest BCUT2D eigenvalue weighted by Gasteiger charge is -2.28. The molecule has 0 radical (unpaired) electrons. The maximum atomic E-state index is 11.8. The fourth-order valence-electron chi connectivity index (χ4n) is 2.03. The lowest BCUT2D eigenvalue weighted by molar-refractivity contribution is -0.148. The van der Waals surface area contributed by atoms with Gasteiger partial charge in [0, 0.05) is 19.5 Å². The van der Waals surface area contributed by atoms with Crippen molar-refractivity contribution in [1.29, 1.82) is 0 Å². The summed E-state index contributed by atoms with van der Waals surface area (Å²) in [4.78, 5) is 35.4. The SMILES string of the molecule is O=C(O)[C@H]1CN(C(=O)OCc2ccccc2)CCC1=O. The second kappa shape index (κ2) is 6.18. The lowest BCUT2D eigenvalue weighted by Crippen LogP contribution is -2.47. The van der Waals surface area contributed by atoms with Crippen LogP contribution in [0, 0.1) is 5.92 Å². The van der Waals surface area contributed by atoms with E-state index in [2.05, 4.69) is 0 Å². The Balaban J connectivity index is 1.89. The van der Waals surface area contributed by atoms with Gasteiger partial charge in [0.25, 0.3) is 0 Å². The first-order valence-corrected chi connectivity index (χ1v) is 6.29. The zero-order chi connectivity index (χ0) is 14.5. The normalized spacial score (nSPS) is 18.7. The number of hydrogen-bond donors (Lipinski definition) is 1. The highest BCUT2D eigenvalue weighted by Crippen LogP contribution is 2.15. The predicted molar refractivity (Wildman–Crippen MR) is 68.9 cm³/mol. The van der Waals surface area contributed by atoms with Crippen molar-refractivity contribution in [3.8, 4) is 0 Å². The topological polar surface area (TPSA) is 83.9 Å². The number of carbonyl (C=O) groups excluding carboxylic acids is 2. The van der Waals surface area contributed by atoms with E-state index in [0.717, 1.165) is 5.56 Å². The van der Waals surface area contributed by atoms with Crippen molar-refractivity contribution in [3.63, 3.8) is 0 Å². The summed E-state index contributed by atoms with van der Waals surface area (Å²) in [6.07, 6.45) is -0.537. The van der Waals surface area contributed by atoms with Crippen LogP contribution in [0.4, 0.5) is 4.79 Å². The van der Waals surface area contributed by atoms with E-state index in [4.69, 9.17) is 9.84 Å². The van der Waals surface area contributed by atoms with Crippen LogP contribution in [0.2, 0.25) is 0 Å². The highest BCUT2D eigenvalue weighted by Gasteiger charge is 2.35. The Bertz CT molecular complexity index is 514. The monoisotopic (exact) mass is 277 g/mol. The van der Waals surface area contributed by atoms with E-state index in [1.54, 1.807) is 0 Å². The molecule has 0 aliphatic carbocycles. The maximum absolute atomic E-state index is 11.8. The molecule has 0 saturated carbocycles. The standard InChI is InChI=1S/C14H15NO5/c16-12-6-7-15(8-11(12)13(17)18)14(19)20-9-10-4-2-1-3-5-10/h1-5,11H,6-9H2,(H,17,18)/t11-/m0/s1. The van der Waals surface area contributed by atoms with Crippen molar-refractivity contribution in [3.05, 3.63) is 35.9 Å². The Morgan fingerprint density at radius 1 is 1.30 bits per heavy atom. The van der Waals surface area contributed by atoms with Crippen LogP contribution in [-0.4, -0.2) is 40.9 Å². The van der Waals surface area contributed by atoms with Crippen molar-refractivity contribution in [2.45, 2.75) is 13.0 Å². The van der Waals surface area contributed by atoms with Gasteiger partial charge in [0.1, 0.15) is 12.5 Å². The van der Waals surface area contributed by atoms with Gasteiger partial charge < -0.3 is 14.7 Å². The Morgan fingerprint density at radius 3 is 2.65 bits per heavy atom. The Hall–Kier alpha value is -2.37.